The number of fused-ring (bicyclic) bond motifs is 1. The van der Waals surface area contributed by atoms with Gasteiger partial charge in [-0.15, -0.1) is 0 Å². The fraction of sp³-hybridized carbons (Fsp3) is 0.500. The third kappa shape index (κ3) is 4.52. The molecule has 21 heavy (non-hydrogen) atoms. The van der Waals surface area contributed by atoms with Crippen molar-refractivity contribution in [3.8, 4) is 0 Å². The summed E-state index contributed by atoms with van der Waals surface area (Å²) in [5.74, 6) is 0.649. The predicted molar refractivity (Wildman–Crippen MR) is 82.0 cm³/mol. The Bertz CT molecular complexity index is 569. The van der Waals surface area contributed by atoms with Gasteiger partial charge in [0.2, 0.25) is 0 Å². The molecule has 0 aliphatic heterocycles. The number of rotatable bonds is 9. The van der Waals surface area contributed by atoms with Crippen LogP contribution in [0.25, 0.3) is 11.0 Å². The van der Waals surface area contributed by atoms with Crippen molar-refractivity contribution in [3.63, 3.8) is 0 Å². The minimum Gasteiger partial charge on any atom is -0.459 e. The molecule has 0 spiro atoms. The zero-order valence-corrected chi connectivity index (χ0v) is 12.7. The van der Waals surface area contributed by atoms with E-state index in [4.69, 9.17) is 9.15 Å². The molecule has 1 aromatic carbocycles. The van der Waals surface area contributed by atoms with Crippen LogP contribution < -0.4 is 10.6 Å². The average molecular weight is 294 g/mol. The molecule has 1 aromatic heterocycles. The van der Waals surface area contributed by atoms with E-state index in [1.54, 1.807) is 13.2 Å². The monoisotopic (exact) mass is 294 g/mol. The maximum absolute atomic E-state index is 13.2. The van der Waals surface area contributed by atoms with Gasteiger partial charge in [-0.2, -0.15) is 0 Å². The van der Waals surface area contributed by atoms with E-state index < -0.39 is 0 Å². The summed E-state index contributed by atoms with van der Waals surface area (Å²) in [6.07, 6.45) is 1.04. The van der Waals surface area contributed by atoms with Crippen molar-refractivity contribution in [1.29, 1.82) is 0 Å². The minimum atomic E-state index is -0.229. The van der Waals surface area contributed by atoms with Crippen LogP contribution in [0.1, 0.15) is 17.7 Å². The number of ether oxygens (including phenoxy) is 1. The van der Waals surface area contributed by atoms with Crippen LogP contribution in [-0.2, 0) is 11.3 Å². The van der Waals surface area contributed by atoms with Crippen LogP contribution in [-0.4, -0.2) is 33.4 Å². The lowest BCUT2D eigenvalue weighted by atomic mass is 10.1. The second-order valence-electron chi connectivity index (χ2n) is 5.06. The lowest BCUT2D eigenvalue weighted by Gasteiger charge is -2.05. The summed E-state index contributed by atoms with van der Waals surface area (Å²) in [5.41, 5.74) is 1.75. The Morgan fingerprint density at radius 3 is 2.81 bits per heavy atom. The first-order valence-electron chi connectivity index (χ1n) is 7.30. The van der Waals surface area contributed by atoms with Gasteiger partial charge in [-0.1, -0.05) is 0 Å². The summed E-state index contributed by atoms with van der Waals surface area (Å²) in [6, 6.07) is 4.63. The topological polar surface area (TPSA) is 46.4 Å². The Balaban J connectivity index is 1.75. The maximum atomic E-state index is 13.2. The quantitative estimate of drug-likeness (QED) is 0.698. The number of nitrogens with one attached hydrogen (secondary N) is 2. The molecule has 0 aliphatic carbocycles. The molecule has 2 N–H and O–H groups in total. The van der Waals surface area contributed by atoms with Crippen LogP contribution in [0.5, 0.6) is 0 Å². The van der Waals surface area contributed by atoms with Crippen molar-refractivity contribution >= 4 is 11.0 Å². The number of furan rings is 1. The van der Waals surface area contributed by atoms with Crippen LogP contribution >= 0.6 is 0 Å². The summed E-state index contributed by atoms with van der Waals surface area (Å²) in [4.78, 5) is 0. The zero-order valence-electron chi connectivity index (χ0n) is 12.7. The van der Waals surface area contributed by atoms with E-state index >= 15 is 0 Å². The van der Waals surface area contributed by atoms with Crippen molar-refractivity contribution in [3.05, 3.63) is 35.3 Å². The summed E-state index contributed by atoms with van der Waals surface area (Å²) >= 11 is 0. The molecule has 0 fully saturated rings. The van der Waals surface area contributed by atoms with E-state index in [1.807, 2.05) is 6.92 Å². The second kappa shape index (κ2) is 8.12. The molecule has 0 radical (unpaired) electrons. The molecule has 5 heteroatoms. The number of hydrogen-bond acceptors (Lipinski definition) is 4. The van der Waals surface area contributed by atoms with Crippen LogP contribution in [0.3, 0.4) is 0 Å². The molecule has 2 rings (SSSR count). The first-order chi connectivity index (χ1) is 10.2. The molecule has 0 amide bonds. The van der Waals surface area contributed by atoms with Crippen molar-refractivity contribution in [2.75, 3.05) is 33.4 Å². The lowest BCUT2D eigenvalue weighted by molar-refractivity contribution is 0.199. The number of methoxy groups -OCH3 is 1. The van der Waals surface area contributed by atoms with Gasteiger partial charge in [0, 0.05) is 19.0 Å². The molecule has 2 aromatic rings. The zero-order chi connectivity index (χ0) is 15.1. The fourth-order valence-electron chi connectivity index (χ4n) is 2.25. The highest BCUT2D eigenvalue weighted by atomic mass is 19.1. The molecule has 0 saturated heterocycles. The molecule has 0 bridgehead atoms. The Morgan fingerprint density at radius 1 is 1.19 bits per heavy atom. The SMILES string of the molecule is COCCNCCCNCc1oc2ccc(F)cc2c1C. The van der Waals surface area contributed by atoms with Crippen molar-refractivity contribution in [2.45, 2.75) is 19.9 Å². The van der Waals surface area contributed by atoms with E-state index in [1.165, 1.54) is 12.1 Å². The maximum Gasteiger partial charge on any atom is 0.134 e. The number of aryl methyl sites for hydroxylation is 1. The molecule has 0 aliphatic rings. The summed E-state index contributed by atoms with van der Waals surface area (Å²) in [5, 5.41) is 7.50. The van der Waals surface area contributed by atoms with E-state index in [0.717, 1.165) is 55.0 Å². The standard InChI is InChI=1S/C16H23FN2O2/c1-12-14-10-13(17)4-5-15(14)21-16(12)11-19-7-3-6-18-8-9-20-2/h4-5,10,18-19H,3,6-9,11H2,1-2H3. The first kappa shape index (κ1) is 15.9. The van der Waals surface area contributed by atoms with Gasteiger partial charge in [-0.25, -0.2) is 4.39 Å². The highest BCUT2D eigenvalue weighted by Gasteiger charge is 2.10. The molecular formula is C16H23FN2O2. The van der Waals surface area contributed by atoms with Gasteiger partial charge in [0.1, 0.15) is 17.2 Å². The fourth-order valence-corrected chi connectivity index (χ4v) is 2.25. The van der Waals surface area contributed by atoms with Gasteiger partial charge in [0.15, 0.2) is 0 Å². The van der Waals surface area contributed by atoms with E-state index in [-0.39, 0.29) is 5.82 Å². The van der Waals surface area contributed by atoms with Gasteiger partial charge in [-0.3, -0.25) is 0 Å². The van der Waals surface area contributed by atoms with Gasteiger partial charge in [0.25, 0.3) is 0 Å². The molecule has 1 heterocycles. The van der Waals surface area contributed by atoms with Crippen LogP contribution in [0, 0.1) is 12.7 Å². The normalized spacial score (nSPS) is 11.4. The molecule has 116 valence electrons. The average Bonchev–Trinajstić information content (AvgIpc) is 2.78. The van der Waals surface area contributed by atoms with Crippen LogP contribution in [0.2, 0.25) is 0 Å². The molecule has 0 atom stereocenters. The number of hydrogen-bond donors (Lipinski definition) is 2. The smallest absolute Gasteiger partial charge is 0.134 e. The molecular weight excluding hydrogens is 271 g/mol. The largest absolute Gasteiger partial charge is 0.459 e. The number of halogens is 1. The molecule has 4 nitrogen and oxygen atoms in total. The van der Waals surface area contributed by atoms with Crippen molar-refractivity contribution in [1.82, 2.24) is 10.6 Å². The number of benzene rings is 1. The van der Waals surface area contributed by atoms with Gasteiger partial charge in [-0.05, 0) is 50.2 Å². The Morgan fingerprint density at radius 2 is 2.00 bits per heavy atom. The first-order valence-corrected chi connectivity index (χ1v) is 7.30. The Hall–Kier alpha value is -1.43. The highest BCUT2D eigenvalue weighted by Crippen LogP contribution is 2.25. The van der Waals surface area contributed by atoms with E-state index in [2.05, 4.69) is 10.6 Å². The van der Waals surface area contributed by atoms with Gasteiger partial charge in [0.05, 0.1) is 13.2 Å². The highest BCUT2D eigenvalue weighted by molar-refractivity contribution is 5.82. The van der Waals surface area contributed by atoms with Crippen molar-refractivity contribution < 1.29 is 13.5 Å². The third-order valence-electron chi connectivity index (χ3n) is 3.47. The van der Waals surface area contributed by atoms with E-state index in [0.29, 0.717) is 6.54 Å². The molecule has 0 unspecified atom stereocenters. The summed E-state index contributed by atoms with van der Waals surface area (Å²) < 4.78 is 23.9. The summed E-state index contributed by atoms with van der Waals surface area (Å²) in [7, 11) is 1.70. The van der Waals surface area contributed by atoms with Crippen LogP contribution in [0.15, 0.2) is 22.6 Å². The van der Waals surface area contributed by atoms with Gasteiger partial charge < -0.3 is 19.8 Å². The minimum absolute atomic E-state index is 0.229. The van der Waals surface area contributed by atoms with Crippen molar-refractivity contribution in [2.24, 2.45) is 0 Å². The Kier molecular flexibility index (Phi) is 6.17. The molecule has 0 saturated carbocycles. The van der Waals surface area contributed by atoms with Crippen LogP contribution in [0.4, 0.5) is 4.39 Å². The van der Waals surface area contributed by atoms with E-state index in [9.17, 15) is 4.39 Å². The summed E-state index contributed by atoms with van der Waals surface area (Å²) in [6.45, 7) is 6.12. The Labute approximate surface area is 124 Å². The third-order valence-corrected chi connectivity index (χ3v) is 3.47. The second-order valence-corrected chi connectivity index (χ2v) is 5.06. The predicted octanol–water partition coefficient (Wildman–Crippen LogP) is 2.60. The lowest BCUT2D eigenvalue weighted by Crippen LogP contribution is -2.24. The van der Waals surface area contributed by atoms with Gasteiger partial charge >= 0.3 is 0 Å².